The fraction of sp³-hybridized carbons (Fsp3) is 1.00. The van der Waals surface area contributed by atoms with Crippen LogP contribution in [0.1, 0.15) is 58.3 Å². The Hall–Kier alpha value is -0.120. The van der Waals surface area contributed by atoms with Gasteiger partial charge in [-0.05, 0) is 57.4 Å². The molecular formula is C14H29NO2. The van der Waals surface area contributed by atoms with Crippen molar-refractivity contribution in [3.05, 3.63) is 0 Å². The minimum Gasteiger partial charge on any atom is -0.396 e. The number of aliphatic hydroxyl groups is 2. The molecule has 0 aromatic heterocycles. The first-order chi connectivity index (χ1) is 8.20. The third kappa shape index (κ3) is 5.84. The Kier molecular flexibility index (Phi) is 7.09. The molecule has 3 N–H and O–H groups in total. The van der Waals surface area contributed by atoms with E-state index in [2.05, 4.69) is 12.2 Å². The molecule has 0 radical (unpaired) electrons. The van der Waals surface area contributed by atoms with Gasteiger partial charge in [0.1, 0.15) is 0 Å². The zero-order valence-electron chi connectivity index (χ0n) is 11.2. The molecule has 1 aliphatic rings. The molecule has 0 saturated heterocycles. The van der Waals surface area contributed by atoms with E-state index in [1.807, 2.05) is 0 Å². The van der Waals surface area contributed by atoms with Gasteiger partial charge in [0.2, 0.25) is 0 Å². The lowest BCUT2D eigenvalue weighted by Crippen LogP contribution is -2.43. The Morgan fingerprint density at radius 3 is 2.47 bits per heavy atom. The van der Waals surface area contributed by atoms with Gasteiger partial charge in [-0.25, -0.2) is 0 Å². The van der Waals surface area contributed by atoms with Gasteiger partial charge in [0.15, 0.2) is 0 Å². The highest BCUT2D eigenvalue weighted by Gasteiger charge is 2.31. The standard InChI is InChI=1S/C14H29NO2/c1-2-13-6-8-14(17,9-7-13)12-15-10-4-3-5-11-16/h13,15-17H,2-12H2,1H3. The van der Waals surface area contributed by atoms with E-state index in [0.29, 0.717) is 6.61 Å². The summed E-state index contributed by atoms with van der Waals surface area (Å²) in [5.41, 5.74) is -0.456. The van der Waals surface area contributed by atoms with E-state index in [-0.39, 0.29) is 0 Å². The van der Waals surface area contributed by atoms with Crippen molar-refractivity contribution in [2.75, 3.05) is 19.7 Å². The van der Waals surface area contributed by atoms with E-state index in [4.69, 9.17) is 5.11 Å². The Morgan fingerprint density at radius 2 is 1.88 bits per heavy atom. The van der Waals surface area contributed by atoms with Gasteiger partial charge in [-0.15, -0.1) is 0 Å². The summed E-state index contributed by atoms with van der Waals surface area (Å²) in [6.07, 6.45) is 8.57. The van der Waals surface area contributed by atoms with Crippen LogP contribution in [0, 0.1) is 5.92 Å². The number of unbranched alkanes of at least 4 members (excludes halogenated alkanes) is 2. The van der Waals surface area contributed by atoms with E-state index in [9.17, 15) is 5.11 Å². The average molecular weight is 243 g/mol. The maximum Gasteiger partial charge on any atom is 0.0771 e. The molecule has 0 heterocycles. The molecule has 0 unspecified atom stereocenters. The van der Waals surface area contributed by atoms with Crippen molar-refractivity contribution < 1.29 is 10.2 Å². The van der Waals surface area contributed by atoms with Crippen LogP contribution in [0.25, 0.3) is 0 Å². The molecule has 0 bridgehead atoms. The first-order valence-electron chi connectivity index (χ1n) is 7.24. The van der Waals surface area contributed by atoms with Crippen molar-refractivity contribution in [3.63, 3.8) is 0 Å². The van der Waals surface area contributed by atoms with Crippen LogP contribution in [0.15, 0.2) is 0 Å². The van der Waals surface area contributed by atoms with E-state index in [1.165, 1.54) is 19.3 Å². The highest BCUT2D eigenvalue weighted by Crippen LogP contribution is 2.33. The highest BCUT2D eigenvalue weighted by molar-refractivity contribution is 4.86. The number of aliphatic hydroxyl groups excluding tert-OH is 1. The van der Waals surface area contributed by atoms with Gasteiger partial charge in [-0.1, -0.05) is 13.3 Å². The summed E-state index contributed by atoms with van der Waals surface area (Å²) in [6, 6.07) is 0. The van der Waals surface area contributed by atoms with Crippen molar-refractivity contribution >= 4 is 0 Å². The Bertz CT molecular complexity index is 189. The molecule has 0 aliphatic heterocycles. The molecule has 1 saturated carbocycles. The number of nitrogens with one attached hydrogen (secondary N) is 1. The summed E-state index contributed by atoms with van der Waals surface area (Å²) in [5, 5.41) is 22.4. The summed E-state index contributed by atoms with van der Waals surface area (Å²) in [5.74, 6) is 0.833. The molecule has 102 valence electrons. The molecular weight excluding hydrogens is 214 g/mol. The summed E-state index contributed by atoms with van der Waals surface area (Å²) >= 11 is 0. The third-order valence-electron chi connectivity index (χ3n) is 4.08. The van der Waals surface area contributed by atoms with E-state index >= 15 is 0 Å². The first kappa shape index (κ1) is 14.9. The van der Waals surface area contributed by atoms with Crippen molar-refractivity contribution in [2.24, 2.45) is 5.92 Å². The number of hydrogen-bond acceptors (Lipinski definition) is 3. The van der Waals surface area contributed by atoms with Crippen molar-refractivity contribution in [2.45, 2.75) is 63.9 Å². The van der Waals surface area contributed by atoms with Crippen molar-refractivity contribution in [3.8, 4) is 0 Å². The van der Waals surface area contributed by atoms with Crippen LogP contribution in [0.4, 0.5) is 0 Å². The van der Waals surface area contributed by atoms with Crippen LogP contribution in [0.3, 0.4) is 0 Å². The summed E-state index contributed by atoms with van der Waals surface area (Å²) in [4.78, 5) is 0. The fourth-order valence-corrected chi connectivity index (χ4v) is 2.66. The smallest absolute Gasteiger partial charge is 0.0771 e. The predicted molar refractivity (Wildman–Crippen MR) is 71.0 cm³/mol. The molecule has 3 heteroatoms. The normalized spacial score (nSPS) is 29.5. The van der Waals surface area contributed by atoms with Gasteiger partial charge in [0.05, 0.1) is 5.60 Å². The van der Waals surface area contributed by atoms with E-state index < -0.39 is 5.60 Å². The topological polar surface area (TPSA) is 52.5 Å². The minimum atomic E-state index is -0.456. The molecule has 0 amide bonds. The highest BCUT2D eigenvalue weighted by atomic mass is 16.3. The number of hydrogen-bond donors (Lipinski definition) is 3. The van der Waals surface area contributed by atoms with Gasteiger partial charge >= 0.3 is 0 Å². The third-order valence-corrected chi connectivity index (χ3v) is 4.08. The monoisotopic (exact) mass is 243 g/mol. The van der Waals surface area contributed by atoms with Crippen LogP contribution in [-0.4, -0.2) is 35.5 Å². The van der Waals surface area contributed by atoms with Gasteiger partial charge < -0.3 is 15.5 Å². The van der Waals surface area contributed by atoms with Gasteiger partial charge in [0.25, 0.3) is 0 Å². The minimum absolute atomic E-state index is 0.294. The van der Waals surface area contributed by atoms with Gasteiger partial charge in [-0.2, -0.15) is 0 Å². The molecule has 0 aromatic carbocycles. The second-order valence-electron chi connectivity index (χ2n) is 5.54. The maximum absolute atomic E-state index is 10.4. The van der Waals surface area contributed by atoms with Crippen LogP contribution in [0.2, 0.25) is 0 Å². The van der Waals surface area contributed by atoms with Crippen LogP contribution in [0.5, 0.6) is 0 Å². The second-order valence-corrected chi connectivity index (χ2v) is 5.54. The lowest BCUT2D eigenvalue weighted by atomic mass is 9.78. The molecule has 1 fully saturated rings. The molecule has 0 aromatic rings. The molecule has 17 heavy (non-hydrogen) atoms. The van der Waals surface area contributed by atoms with Crippen LogP contribution >= 0.6 is 0 Å². The van der Waals surface area contributed by atoms with Crippen molar-refractivity contribution in [1.82, 2.24) is 5.32 Å². The van der Waals surface area contributed by atoms with Crippen LogP contribution in [-0.2, 0) is 0 Å². The lowest BCUT2D eigenvalue weighted by Gasteiger charge is -2.36. The predicted octanol–water partition coefficient (Wildman–Crippen LogP) is 2.07. The Balaban J connectivity index is 2.06. The maximum atomic E-state index is 10.4. The van der Waals surface area contributed by atoms with Crippen LogP contribution < -0.4 is 5.32 Å². The van der Waals surface area contributed by atoms with E-state index in [1.54, 1.807) is 0 Å². The van der Waals surface area contributed by atoms with E-state index in [0.717, 1.165) is 51.1 Å². The number of rotatable bonds is 8. The quantitative estimate of drug-likeness (QED) is 0.572. The lowest BCUT2D eigenvalue weighted by molar-refractivity contribution is -0.00848. The Morgan fingerprint density at radius 1 is 1.18 bits per heavy atom. The zero-order chi connectivity index (χ0) is 12.6. The van der Waals surface area contributed by atoms with Crippen molar-refractivity contribution in [1.29, 1.82) is 0 Å². The molecule has 3 nitrogen and oxygen atoms in total. The van der Waals surface area contributed by atoms with Gasteiger partial charge in [-0.3, -0.25) is 0 Å². The Labute approximate surface area is 106 Å². The molecule has 0 spiro atoms. The molecule has 1 rings (SSSR count). The average Bonchev–Trinajstić information content (AvgIpc) is 2.35. The largest absolute Gasteiger partial charge is 0.396 e. The first-order valence-corrected chi connectivity index (χ1v) is 7.24. The SMILES string of the molecule is CCC1CCC(O)(CNCCCCCO)CC1. The molecule has 1 aliphatic carbocycles. The molecule has 0 atom stereocenters. The second kappa shape index (κ2) is 8.06. The van der Waals surface area contributed by atoms with Gasteiger partial charge in [0, 0.05) is 13.2 Å². The fourth-order valence-electron chi connectivity index (χ4n) is 2.66. The summed E-state index contributed by atoms with van der Waals surface area (Å²) in [6.45, 7) is 4.23. The zero-order valence-corrected chi connectivity index (χ0v) is 11.2. The summed E-state index contributed by atoms with van der Waals surface area (Å²) in [7, 11) is 0. The summed E-state index contributed by atoms with van der Waals surface area (Å²) < 4.78 is 0.